The predicted octanol–water partition coefficient (Wildman–Crippen LogP) is 2.72. The third kappa shape index (κ3) is 3.42. The molecule has 0 spiro atoms. The Morgan fingerprint density at radius 1 is 1.11 bits per heavy atom. The number of nitrogens with zero attached hydrogens (tertiary/aromatic N) is 2. The van der Waals surface area contributed by atoms with Crippen molar-refractivity contribution in [2.24, 2.45) is 0 Å². The van der Waals surface area contributed by atoms with Gasteiger partial charge < -0.3 is 10.1 Å². The van der Waals surface area contributed by atoms with Crippen LogP contribution in [0, 0.1) is 6.92 Å². The molecule has 0 radical (unpaired) electrons. The van der Waals surface area contributed by atoms with Gasteiger partial charge in [-0.25, -0.2) is 9.48 Å². The number of aryl methyl sites for hydroxylation is 1. The molecule has 0 bridgehead atoms. The number of anilines is 1. The van der Waals surface area contributed by atoms with Crippen molar-refractivity contribution in [1.29, 1.82) is 0 Å². The number of esters is 1. The monoisotopic (exact) mass is 375 g/mol. The lowest BCUT2D eigenvalue weighted by Crippen LogP contribution is -2.14. The van der Waals surface area contributed by atoms with Crippen LogP contribution < -0.4 is 5.32 Å². The Morgan fingerprint density at radius 2 is 1.86 bits per heavy atom. The van der Waals surface area contributed by atoms with Crippen molar-refractivity contribution in [1.82, 2.24) is 9.78 Å². The lowest BCUT2D eigenvalue weighted by atomic mass is 10.1. The van der Waals surface area contributed by atoms with Crippen molar-refractivity contribution in [2.45, 2.75) is 13.3 Å². The second-order valence-electron chi connectivity index (χ2n) is 6.53. The summed E-state index contributed by atoms with van der Waals surface area (Å²) in [6, 6.07) is 13.6. The van der Waals surface area contributed by atoms with E-state index in [1.54, 1.807) is 53.3 Å². The minimum absolute atomic E-state index is 0.0974. The number of ether oxygens (including phenoxy) is 1. The Morgan fingerprint density at radius 3 is 2.57 bits per heavy atom. The molecule has 7 heteroatoms. The maximum Gasteiger partial charge on any atom is 0.338 e. The van der Waals surface area contributed by atoms with Crippen molar-refractivity contribution in [2.75, 3.05) is 11.9 Å². The van der Waals surface area contributed by atoms with E-state index >= 15 is 0 Å². The van der Waals surface area contributed by atoms with Gasteiger partial charge in [-0.3, -0.25) is 9.59 Å². The number of fused-ring (bicyclic) bond motifs is 1. The Hall–Kier alpha value is -3.74. The van der Waals surface area contributed by atoms with E-state index in [4.69, 9.17) is 4.74 Å². The molecule has 2 heterocycles. The van der Waals surface area contributed by atoms with Crippen molar-refractivity contribution in [3.8, 4) is 5.69 Å². The number of ketones is 1. The van der Waals surface area contributed by atoms with E-state index in [2.05, 4.69) is 10.4 Å². The van der Waals surface area contributed by atoms with Crippen molar-refractivity contribution >= 4 is 23.3 Å². The highest BCUT2D eigenvalue weighted by Crippen LogP contribution is 2.24. The van der Waals surface area contributed by atoms with Crippen molar-refractivity contribution < 1.29 is 19.1 Å². The van der Waals surface area contributed by atoms with Crippen LogP contribution in [0.4, 0.5) is 5.69 Å². The topological polar surface area (TPSA) is 90.3 Å². The smallest absolute Gasteiger partial charge is 0.338 e. The van der Waals surface area contributed by atoms with Gasteiger partial charge in [0.2, 0.25) is 5.91 Å². The van der Waals surface area contributed by atoms with E-state index in [9.17, 15) is 14.4 Å². The quantitative estimate of drug-likeness (QED) is 0.547. The fourth-order valence-electron chi connectivity index (χ4n) is 3.08. The zero-order valence-corrected chi connectivity index (χ0v) is 15.1. The van der Waals surface area contributed by atoms with Crippen LogP contribution in [0.2, 0.25) is 0 Å². The van der Waals surface area contributed by atoms with Crippen LogP contribution in [0.15, 0.2) is 54.7 Å². The second-order valence-corrected chi connectivity index (χ2v) is 6.53. The van der Waals surface area contributed by atoms with E-state index in [-0.39, 0.29) is 24.7 Å². The highest BCUT2D eigenvalue weighted by Gasteiger charge is 2.20. The molecular weight excluding hydrogens is 358 g/mol. The standard InChI is InChI=1S/C21H17N3O4/c1-13-8-9-22-24(13)17-5-2-14(3-6-17)21(27)28-12-19(25)15-4-7-18-16(10-15)11-20(26)23-18/h2-10H,11-12H2,1H3,(H,23,26). The molecule has 0 aliphatic carbocycles. The highest BCUT2D eigenvalue weighted by molar-refractivity contribution is 6.03. The molecule has 1 aliphatic heterocycles. The first-order valence-electron chi connectivity index (χ1n) is 8.75. The third-order valence-corrected chi connectivity index (χ3v) is 4.57. The Bertz CT molecular complexity index is 1080. The summed E-state index contributed by atoms with van der Waals surface area (Å²) < 4.78 is 6.90. The number of rotatable bonds is 5. The summed E-state index contributed by atoms with van der Waals surface area (Å²) in [5.41, 5.74) is 4.05. The highest BCUT2D eigenvalue weighted by atomic mass is 16.5. The summed E-state index contributed by atoms with van der Waals surface area (Å²) in [7, 11) is 0. The van der Waals surface area contributed by atoms with E-state index in [0.29, 0.717) is 16.8 Å². The Kier molecular flexibility index (Phi) is 4.49. The maximum absolute atomic E-state index is 12.3. The first kappa shape index (κ1) is 17.7. The summed E-state index contributed by atoms with van der Waals surface area (Å²) in [6.45, 7) is 1.57. The van der Waals surface area contributed by atoms with Crippen LogP contribution in [0.5, 0.6) is 0 Å². The van der Waals surface area contributed by atoms with Gasteiger partial charge in [-0.05, 0) is 61.0 Å². The molecule has 3 aromatic rings. The van der Waals surface area contributed by atoms with Crippen molar-refractivity contribution in [3.63, 3.8) is 0 Å². The predicted molar refractivity (Wildman–Crippen MR) is 102 cm³/mol. The molecule has 0 fully saturated rings. The summed E-state index contributed by atoms with van der Waals surface area (Å²) >= 11 is 0. The summed E-state index contributed by atoms with van der Waals surface area (Å²) in [5, 5.41) is 6.92. The number of hydrogen-bond acceptors (Lipinski definition) is 5. The number of carbonyl (C=O) groups is 3. The summed E-state index contributed by atoms with van der Waals surface area (Å²) in [4.78, 5) is 35.9. The molecule has 4 rings (SSSR count). The number of amides is 1. The van der Waals surface area contributed by atoms with E-state index in [1.807, 2.05) is 13.0 Å². The van der Waals surface area contributed by atoms with Gasteiger partial charge in [0.25, 0.3) is 0 Å². The lowest BCUT2D eigenvalue weighted by Gasteiger charge is -2.07. The minimum atomic E-state index is -0.574. The zero-order valence-electron chi connectivity index (χ0n) is 15.1. The molecule has 0 atom stereocenters. The number of aromatic nitrogens is 2. The van der Waals surface area contributed by atoms with E-state index in [1.165, 1.54) is 0 Å². The SMILES string of the molecule is Cc1ccnn1-c1ccc(C(=O)OCC(=O)c2ccc3c(c2)CC(=O)N3)cc1. The van der Waals surface area contributed by atoms with Gasteiger partial charge >= 0.3 is 5.97 Å². The van der Waals surface area contributed by atoms with Gasteiger partial charge in [-0.2, -0.15) is 5.10 Å². The second kappa shape index (κ2) is 7.11. The van der Waals surface area contributed by atoms with Crippen LogP contribution in [-0.4, -0.2) is 34.0 Å². The lowest BCUT2D eigenvalue weighted by molar-refractivity contribution is -0.115. The third-order valence-electron chi connectivity index (χ3n) is 4.57. The van der Waals surface area contributed by atoms with Gasteiger partial charge in [0.1, 0.15) is 0 Å². The molecule has 1 amide bonds. The molecular formula is C21H17N3O4. The fourth-order valence-corrected chi connectivity index (χ4v) is 3.08. The number of hydrogen-bond donors (Lipinski definition) is 1. The van der Waals surface area contributed by atoms with Crippen LogP contribution in [-0.2, 0) is 16.0 Å². The number of carbonyl (C=O) groups excluding carboxylic acids is 3. The van der Waals surface area contributed by atoms with Gasteiger partial charge in [0, 0.05) is 23.1 Å². The van der Waals surface area contributed by atoms with Gasteiger partial charge in [-0.15, -0.1) is 0 Å². The van der Waals surface area contributed by atoms with Crippen LogP contribution in [0.1, 0.15) is 32.0 Å². The Labute approximate surface area is 160 Å². The number of benzene rings is 2. The van der Waals surface area contributed by atoms with Crippen LogP contribution in [0.3, 0.4) is 0 Å². The number of Topliss-reactive ketones (excluding diaryl/α,β-unsaturated/α-hetero) is 1. The van der Waals surface area contributed by atoms with Crippen LogP contribution >= 0.6 is 0 Å². The first-order valence-corrected chi connectivity index (χ1v) is 8.75. The largest absolute Gasteiger partial charge is 0.454 e. The normalized spacial score (nSPS) is 12.4. The average Bonchev–Trinajstić information content (AvgIpc) is 3.29. The van der Waals surface area contributed by atoms with Gasteiger partial charge in [0.15, 0.2) is 12.4 Å². The van der Waals surface area contributed by atoms with Crippen molar-refractivity contribution in [3.05, 3.63) is 77.1 Å². The Balaban J connectivity index is 1.39. The molecule has 140 valence electrons. The molecule has 1 aliphatic rings. The number of nitrogens with one attached hydrogen (secondary N) is 1. The molecule has 2 aromatic carbocycles. The molecule has 1 N–H and O–H groups in total. The molecule has 0 saturated carbocycles. The maximum atomic E-state index is 12.3. The van der Waals surface area contributed by atoms with Crippen LogP contribution in [0.25, 0.3) is 5.69 Å². The van der Waals surface area contributed by atoms with E-state index < -0.39 is 5.97 Å². The minimum Gasteiger partial charge on any atom is -0.454 e. The summed E-state index contributed by atoms with van der Waals surface area (Å²) in [6.07, 6.45) is 1.95. The zero-order chi connectivity index (χ0) is 19.7. The average molecular weight is 375 g/mol. The first-order chi connectivity index (χ1) is 13.5. The fraction of sp³-hybridized carbons (Fsp3) is 0.143. The summed E-state index contributed by atoms with van der Waals surface area (Å²) in [5.74, 6) is -0.992. The molecule has 0 unspecified atom stereocenters. The molecule has 28 heavy (non-hydrogen) atoms. The van der Waals surface area contributed by atoms with Gasteiger partial charge in [0.05, 0.1) is 17.7 Å². The van der Waals surface area contributed by atoms with Gasteiger partial charge in [-0.1, -0.05) is 0 Å². The molecule has 1 aromatic heterocycles. The molecule has 0 saturated heterocycles. The molecule has 7 nitrogen and oxygen atoms in total. The van der Waals surface area contributed by atoms with E-state index in [0.717, 1.165) is 16.9 Å².